The monoisotopic (exact) mass is 216 g/mol. The molecule has 0 spiro atoms. The van der Waals surface area contributed by atoms with Gasteiger partial charge in [0.1, 0.15) is 6.04 Å². The van der Waals surface area contributed by atoms with E-state index in [1.165, 1.54) is 0 Å². The van der Waals surface area contributed by atoms with E-state index < -0.39 is 6.04 Å². The lowest BCUT2D eigenvalue weighted by molar-refractivity contribution is -0.123. The van der Waals surface area contributed by atoms with Crippen molar-refractivity contribution in [3.63, 3.8) is 0 Å². The van der Waals surface area contributed by atoms with Crippen molar-refractivity contribution < 1.29 is 14.6 Å². The van der Waals surface area contributed by atoms with E-state index in [-0.39, 0.29) is 12.5 Å². The first kappa shape index (κ1) is 12.4. The van der Waals surface area contributed by atoms with Gasteiger partial charge in [0.05, 0.1) is 6.61 Å². The lowest BCUT2D eigenvalue weighted by Gasteiger charge is -2.22. The number of nitrogens with one attached hydrogen (secondary N) is 1. The quantitative estimate of drug-likeness (QED) is 0.564. The van der Waals surface area contributed by atoms with Gasteiger partial charge in [-0.25, -0.2) is 0 Å². The Kier molecular flexibility index (Phi) is 5.60. The molecular weight excluding hydrogens is 196 g/mol. The predicted octanol–water partition coefficient (Wildman–Crippen LogP) is -0.761. The van der Waals surface area contributed by atoms with Crippen molar-refractivity contribution >= 4 is 5.91 Å². The van der Waals surface area contributed by atoms with E-state index in [2.05, 4.69) is 5.32 Å². The molecule has 1 unspecified atom stereocenters. The number of aliphatic hydroxyl groups is 1. The summed E-state index contributed by atoms with van der Waals surface area (Å²) in [5, 5.41) is 11.4. The molecule has 15 heavy (non-hydrogen) atoms. The number of hydrogen-bond acceptors (Lipinski definition) is 4. The van der Waals surface area contributed by atoms with E-state index >= 15 is 0 Å². The third-order valence-electron chi connectivity index (χ3n) is 2.73. The average molecular weight is 216 g/mol. The highest BCUT2D eigenvalue weighted by atomic mass is 16.5. The van der Waals surface area contributed by atoms with Crippen molar-refractivity contribution in [2.24, 2.45) is 11.7 Å². The highest BCUT2D eigenvalue weighted by molar-refractivity contribution is 5.81. The zero-order valence-corrected chi connectivity index (χ0v) is 8.95. The number of nitrogens with two attached hydrogens (primary N) is 1. The minimum absolute atomic E-state index is 0.274. The van der Waals surface area contributed by atoms with Crippen LogP contribution in [0.4, 0.5) is 0 Å². The largest absolute Gasteiger partial charge is 0.394 e. The first-order valence-electron chi connectivity index (χ1n) is 5.46. The standard InChI is InChI=1S/C10H20N2O3/c11-9(7-13)10(14)12-4-1-8-2-5-15-6-3-8/h8-9,13H,1-7,11H2,(H,12,14). The topological polar surface area (TPSA) is 84.6 Å². The van der Waals surface area contributed by atoms with Gasteiger partial charge in [-0.1, -0.05) is 0 Å². The second-order valence-electron chi connectivity index (χ2n) is 3.92. The number of amides is 1. The Labute approximate surface area is 90.0 Å². The Hall–Kier alpha value is -0.650. The van der Waals surface area contributed by atoms with Crippen molar-refractivity contribution in [2.75, 3.05) is 26.4 Å². The maximum atomic E-state index is 11.2. The van der Waals surface area contributed by atoms with Crippen molar-refractivity contribution in [1.82, 2.24) is 5.32 Å². The van der Waals surface area contributed by atoms with Gasteiger partial charge in [0, 0.05) is 19.8 Å². The number of ether oxygens (including phenoxy) is 1. The Balaban J connectivity index is 2.07. The predicted molar refractivity (Wildman–Crippen MR) is 56.2 cm³/mol. The molecule has 1 saturated heterocycles. The Morgan fingerprint density at radius 3 is 2.80 bits per heavy atom. The van der Waals surface area contributed by atoms with Crippen LogP contribution >= 0.6 is 0 Å². The van der Waals surface area contributed by atoms with E-state index in [4.69, 9.17) is 15.6 Å². The Bertz CT molecular complexity index is 193. The van der Waals surface area contributed by atoms with Crippen LogP contribution in [0.15, 0.2) is 0 Å². The van der Waals surface area contributed by atoms with Crippen molar-refractivity contribution in [2.45, 2.75) is 25.3 Å². The van der Waals surface area contributed by atoms with Gasteiger partial charge in [-0.05, 0) is 25.2 Å². The van der Waals surface area contributed by atoms with Gasteiger partial charge in [0.25, 0.3) is 0 Å². The van der Waals surface area contributed by atoms with Crippen molar-refractivity contribution in [3.8, 4) is 0 Å². The van der Waals surface area contributed by atoms with E-state index in [9.17, 15) is 4.79 Å². The van der Waals surface area contributed by atoms with E-state index in [0.717, 1.165) is 32.5 Å². The van der Waals surface area contributed by atoms with Gasteiger partial charge >= 0.3 is 0 Å². The highest BCUT2D eigenvalue weighted by Gasteiger charge is 2.15. The maximum absolute atomic E-state index is 11.2. The SMILES string of the molecule is NC(CO)C(=O)NCCC1CCOCC1. The summed E-state index contributed by atoms with van der Waals surface area (Å²) in [7, 11) is 0. The number of hydrogen-bond donors (Lipinski definition) is 3. The number of aliphatic hydroxyl groups excluding tert-OH is 1. The van der Waals surface area contributed by atoms with Crippen LogP contribution in [0, 0.1) is 5.92 Å². The first-order chi connectivity index (χ1) is 7.24. The number of rotatable bonds is 5. The van der Waals surface area contributed by atoms with E-state index in [1.54, 1.807) is 0 Å². The van der Waals surface area contributed by atoms with Gasteiger partial charge in [-0.15, -0.1) is 0 Å². The molecule has 0 aromatic heterocycles. The van der Waals surface area contributed by atoms with Crippen LogP contribution in [0.5, 0.6) is 0 Å². The summed E-state index contributed by atoms with van der Waals surface area (Å²) in [4.78, 5) is 11.2. The van der Waals surface area contributed by atoms with Crippen LogP contribution in [0.25, 0.3) is 0 Å². The lowest BCUT2D eigenvalue weighted by atomic mass is 9.97. The zero-order chi connectivity index (χ0) is 11.1. The van der Waals surface area contributed by atoms with Gasteiger partial charge in [0.2, 0.25) is 5.91 Å². The molecule has 0 aromatic rings. The van der Waals surface area contributed by atoms with Crippen LogP contribution < -0.4 is 11.1 Å². The summed E-state index contributed by atoms with van der Waals surface area (Å²) in [5.74, 6) is 0.369. The highest BCUT2D eigenvalue weighted by Crippen LogP contribution is 2.17. The molecule has 1 aliphatic rings. The molecule has 88 valence electrons. The molecule has 0 aromatic carbocycles. The second kappa shape index (κ2) is 6.76. The van der Waals surface area contributed by atoms with Crippen LogP contribution in [0.3, 0.4) is 0 Å². The van der Waals surface area contributed by atoms with Gasteiger partial charge < -0.3 is 20.9 Å². The van der Waals surface area contributed by atoms with Crippen LogP contribution in [0.2, 0.25) is 0 Å². The minimum Gasteiger partial charge on any atom is -0.394 e. The molecule has 4 N–H and O–H groups in total. The fourth-order valence-corrected chi connectivity index (χ4v) is 1.65. The molecule has 0 aliphatic carbocycles. The maximum Gasteiger partial charge on any atom is 0.239 e. The summed E-state index contributed by atoms with van der Waals surface area (Å²) in [6.45, 7) is 1.99. The van der Waals surface area contributed by atoms with Crippen LogP contribution in [-0.2, 0) is 9.53 Å². The molecule has 0 radical (unpaired) electrons. The van der Waals surface area contributed by atoms with E-state index in [1.807, 2.05) is 0 Å². The van der Waals surface area contributed by atoms with Crippen molar-refractivity contribution in [1.29, 1.82) is 0 Å². The van der Waals surface area contributed by atoms with Crippen molar-refractivity contribution in [3.05, 3.63) is 0 Å². The molecule has 1 rings (SSSR count). The van der Waals surface area contributed by atoms with Crippen LogP contribution in [-0.4, -0.2) is 43.4 Å². The summed E-state index contributed by atoms with van der Waals surface area (Å²) < 4.78 is 5.24. The molecule has 1 aliphatic heterocycles. The smallest absolute Gasteiger partial charge is 0.239 e. The minimum atomic E-state index is -0.792. The normalized spacial score (nSPS) is 19.9. The average Bonchev–Trinajstić information content (AvgIpc) is 2.29. The Morgan fingerprint density at radius 1 is 1.53 bits per heavy atom. The first-order valence-corrected chi connectivity index (χ1v) is 5.46. The summed E-state index contributed by atoms with van der Waals surface area (Å²) in [5.41, 5.74) is 5.35. The second-order valence-corrected chi connectivity index (χ2v) is 3.92. The molecule has 1 amide bonds. The summed E-state index contributed by atoms with van der Waals surface area (Å²) >= 11 is 0. The molecular formula is C10H20N2O3. The molecule has 0 saturated carbocycles. The molecule has 1 atom stereocenters. The molecule has 1 heterocycles. The molecule has 5 nitrogen and oxygen atoms in total. The van der Waals surface area contributed by atoms with Gasteiger partial charge in [-0.3, -0.25) is 4.79 Å². The third kappa shape index (κ3) is 4.59. The molecule has 5 heteroatoms. The fraction of sp³-hybridized carbons (Fsp3) is 0.900. The van der Waals surface area contributed by atoms with E-state index in [0.29, 0.717) is 12.5 Å². The van der Waals surface area contributed by atoms with Crippen LogP contribution in [0.1, 0.15) is 19.3 Å². The summed E-state index contributed by atoms with van der Waals surface area (Å²) in [6.07, 6.45) is 3.11. The van der Waals surface area contributed by atoms with Gasteiger partial charge in [0.15, 0.2) is 0 Å². The van der Waals surface area contributed by atoms with Gasteiger partial charge in [-0.2, -0.15) is 0 Å². The molecule has 1 fully saturated rings. The lowest BCUT2D eigenvalue weighted by Crippen LogP contribution is -2.43. The zero-order valence-electron chi connectivity index (χ0n) is 8.95. The Morgan fingerprint density at radius 2 is 2.20 bits per heavy atom. The number of carbonyl (C=O) groups is 1. The summed E-state index contributed by atoms with van der Waals surface area (Å²) in [6, 6.07) is -0.792. The third-order valence-corrected chi connectivity index (χ3v) is 2.73. The number of carbonyl (C=O) groups excluding carboxylic acids is 1. The molecule has 0 bridgehead atoms. The fourth-order valence-electron chi connectivity index (χ4n) is 1.65.